The molecule has 0 saturated heterocycles. The minimum atomic E-state index is -0.151. The minimum absolute atomic E-state index is 0. The van der Waals surface area contributed by atoms with Gasteiger partial charge in [-0.05, 0) is 50.8 Å². The van der Waals surface area contributed by atoms with Crippen LogP contribution in [-0.4, -0.2) is 17.6 Å². The lowest BCUT2D eigenvalue weighted by molar-refractivity contribution is -0.117. The first-order chi connectivity index (χ1) is 9.93. The van der Waals surface area contributed by atoms with Crippen LogP contribution in [0.4, 0.5) is 5.69 Å². The fraction of sp³-hybridized carbons (Fsp3) is 0.588. The molecule has 1 heterocycles. The Morgan fingerprint density at radius 1 is 1.41 bits per heavy atom. The van der Waals surface area contributed by atoms with E-state index in [4.69, 9.17) is 10.5 Å². The number of anilines is 1. The zero-order valence-corrected chi connectivity index (χ0v) is 14.0. The highest BCUT2D eigenvalue weighted by atomic mass is 35.5. The number of fused-ring (bicyclic) bond motifs is 1. The van der Waals surface area contributed by atoms with E-state index in [0.29, 0.717) is 12.3 Å². The van der Waals surface area contributed by atoms with Gasteiger partial charge >= 0.3 is 0 Å². The molecule has 1 aromatic rings. The number of carbonyl (C=O) groups is 1. The smallest absolute Gasteiger partial charge is 0.224 e. The molecule has 4 nitrogen and oxygen atoms in total. The second-order valence-electron chi connectivity index (χ2n) is 6.97. The molecule has 22 heavy (non-hydrogen) atoms. The average molecular weight is 325 g/mol. The molecule has 3 rings (SSSR count). The lowest BCUT2D eigenvalue weighted by Crippen LogP contribution is -2.28. The highest BCUT2D eigenvalue weighted by Crippen LogP contribution is 2.36. The summed E-state index contributed by atoms with van der Waals surface area (Å²) in [5.74, 6) is 1.33. The summed E-state index contributed by atoms with van der Waals surface area (Å²) in [6.45, 7) is 4.15. The van der Waals surface area contributed by atoms with Crippen molar-refractivity contribution in [3.05, 3.63) is 23.8 Å². The Morgan fingerprint density at radius 2 is 2.18 bits per heavy atom. The van der Waals surface area contributed by atoms with E-state index in [0.717, 1.165) is 42.7 Å². The van der Waals surface area contributed by atoms with Crippen LogP contribution in [0.5, 0.6) is 5.75 Å². The predicted molar refractivity (Wildman–Crippen MR) is 90.7 cm³/mol. The molecule has 2 aliphatic rings. The summed E-state index contributed by atoms with van der Waals surface area (Å²) in [4.78, 5) is 12.1. The van der Waals surface area contributed by atoms with Gasteiger partial charge in [0, 0.05) is 30.1 Å². The van der Waals surface area contributed by atoms with Gasteiger partial charge in [-0.1, -0.05) is 6.42 Å². The first kappa shape index (κ1) is 17.1. The van der Waals surface area contributed by atoms with E-state index < -0.39 is 0 Å². The van der Waals surface area contributed by atoms with Crippen molar-refractivity contribution in [2.24, 2.45) is 11.7 Å². The van der Waals surface area contributed by atoms with E-state index in [9.17, 15) is 4.79 Å². The normalized spacial score (nSPS) is 25.0. The summed E-state index contributed by atoms with van der Waals surface area (Å²) < 4.78 is 5.85. The first-order valence-electron chi connectivity index (χ1n) is 7.80. The largest absolute Gasteiger partial charge is 0.487 e. The van der Waals surface area contributed by atoms with Crippen molar-refractivity contribution >= 4 is 24.0 Å². The Balaban J connectivity index is 0.00000176. The van der Waals surface area contributed by atoms with Crippen molar-refractivity contribution in [2.75, 3.05) is 5.32 Å². The minimum Gasteiger partial charge on any atom is -0.487 e. The van der Waals surface area contributed by atoms with E-state index in [1.807, 2.05) is 18.2 Å². The molecule has 1 aliphatic heterocycles. The molecule has 2 atom stereocenters. The molecule has 1 aromatic carbocycles. The molecule has 0 aromatic heterocycles. The van der Waals surface area contributed by atoms with Crippen LogP contribution in [-0.2, 0) is 11.2 Å². The molecular weight excluding hydrogens is 300 g/mol. The molecule has 122 valence electrons. The first-order valence-corrected chi connectivity index (χ1v) is 7.80. The summed E-state index contributed by atoms with van der Waals surface area (Å²) in [7, 11) is 0. The number of nitrogens with one attached hydrogen (secondary N) is 1. The Labute approximate surface area is 138 Å². The molecule has 1 saturated carbocycles. The van der Waals surface area contributed by atoms with Crippen molar-refractivity contribution in [1.29, 1.82) is 0 Å². The maximum atomic E-state index is 12.1. The maximum absolute atomic E-state index is 12.1. The summed E-state index contributed by atoms with van der Waals surface area (Å²) in [5.41, 5.74) is 7.89. The number of hydrogen-bond donors (Lipinski definition) is 2. The van der Waals surface area contributed by atoms with Crippen LogP contribution in [0, 0.1) is 5.92 Å². The van der Waals surface area contributed by atoms with Crippen LogP contribution in [0.2, 0.25) is 0 Å². The Kier molecular flexibility index (Phi) is 5.03. The number of ether oxygens (including phenoxy) is 1. The number of amides is 1. The van der Waals surface area contributed by atoms with Crippen LogP contribution in [0.1, 0.15) is 45.1 Å². The molecular formula is C17H25ClN2O2. The summed E-state index contributed by atoms with van der Waals surface area (Å²) in [6, 6.07) is 6.06. The number of halogens is 1. The summed E-state index contributed by atoms with van der Waals surface area (Å²) in [6.07, 6.45) is 4.66. The highest BCUT2D eigenvalue weighted by Gasteiger charge is 2.30. The van der Waals surface area contributed by atoms with Crippen molar-refractivity contribution < 1.29 is 9.53 Å². The van der Waals surface area contributed by atoms with Crippen LogP contribution >= 0.6 is 12.4 Å². The van der Waals surface area contributed by atoms with Crippen molar-refractivity contribution in [3.63, 3.8) is 0 Å². The maximum Gasteiger partial charge on any atom is 0.224 e. The van der Waals surface area contributed by atoms with Crippen LogP contribution in [0.25, 0.3) is 0 Å². The zero-order valence-electron chi connectivity index (χ0n) is 13.2. The van der Waals surface area contributed by atoms with Gasteiger partial charge in [0.25, 0.3) is 0 Å². The fourth-order valence-corrected chi connectivity index (χ4v) is 3.46. The standard InChI is InChI=1S/C17H24N2O2.ClH/c1-17(2)10-12-8-13(6-7-15(12)21-17)19-16(20)9-11-4-3-5-14(11)18;/h6-8,11,14H,3-5,9-10,18H2,1-2H3,(H,19,20);1H/t11-,14+;/m0./s1. The van der Waals surface area contributed by atoms with Crippen molar-refractivity contribution in [2.45, 2.75) is 57.6 Å². The molecule has 0 unspecified atom stereocenters. The van der Waals surface area contributed by atoms with Gasteiger partial charge in [-0.3, -0.25) is 4.79 Å². The molecule has 0 radical (unpaired) electrons. The van der Waals surface area contributed by atoms with Gasteiger partial charge in [0.2, 0.25) is 5.91 Å². The van der Waals surface area contributed by atoms with Gasteiger partial charge in [-0.2, -0.15) is 0 Å². The average Bonchev–Trinajstić information content (AvgIpc) is 2.91. The zero-order chi connectivity index (χ0) is 15.0. The summed E-state index contributed by atoms with van der Waals surface area (Å²) in [5, 5.41) is 3.00. The number of rotatable bonds is 3. The van der Waals surface area contributed by atoms with Crippen LogP contribution in [0.15, 0.2) is 18.2 Å². The molecule has 0 spiro atoms. The third kappa shape index (κ3) is 3.73. The second kappa shape index (κ2) is 6.47. The van der Waals surface area contributed by atoms with Crippen molar-refractivity contribution in [3.8, 4) is 5.75 Å². The Hall–Kier alpha value is -1.26. The van der Waals surface area contributed by atoms with Gasteiger partial charge in [0.05, 0.1) is 0 Å². The third-order valence-corrected chi connectivity index (χ3v) is 4.51. The van der Waals surface area contributed by atoms with E-state index in [2.05, 4.69) is 19.2 Å². The number of hydrogen-bond acceptors (Lipinski definition) is 3. The topological polar surface area (TPSA) is 64.4 Å². The lowest BCUT2D eigenvalue weighted by atomic mass is 9.99. The predicted octanol–water partition coefficient (Wildman–Crippen LogP) is 3.28. The monoisotopic (exact) mass is 324 g/mol. The molecule has 1 fully saturated rings. The SMILES string of the molecule is CC1(C)Cc2cc(NC(=O)C[C@@H]3CCC[C@H]3N)ccc2O1.Cl. The van der Waals surface area contributed by atoms with Gasteiger partial charge in [-0.15, -0.1) is 12.4 Å². The number of benzene rings is 1. The fourth-order valence-electron chi connectivity index (χ4n) is 3.46. The quantitative estimate of drug-likeness (QED) is 0.896. The number of nitrogens with two attached hydrogens (primary N) is 1. The van der Waals surface area contributed by atoms with E-state index in [1.54, 1.807) is 0 Å². The van der Waals surface area contributed by atoms with Gasteiger partial charge < -0.3 is 15.8 Å². The molecule has 1 aliphatic carbocycles. The number of carbonyl (C=O) groups excluding carboxylic acids is 1. The molecule has 0 bridgehead atoms. The van der Waals surface area contributed by atoms with Gasteiger partial charge in [-0.25, -0.2) is 0 Å². The van der Waals surface area contributed by atoms with Crippen LogP contribution < -0.4 is 15.8 Å². The lowest BCUT2D eigenvalue weighted by Gasteiger charge is -2.16. The highest BCUT2D eigenvalue weighted by molar-refractivity contribution is 5.91. The molecule has 5 heteroatoms. The van der Waals surface area contributed by atoms with E-state index in [-0.39, 0.29) is 30.0 Å². The van der Waals surface area contributed by atoms with Gasteiger partial charge in [0.15, 0.2) is 0 Å². The molecule has 1 amide bonds. The van der Waals surface area contributed by atoms with E-state index >= 15 is 0 Å². The van der Waals surface area contributed by atoms with E-state index in [1.165, 1.54) is 0 Å². The second-order valence-corrected chi connectivity index (χ2v) is 6.97. The molecule has 3 N–H and O–H groups in total. The Morgan fingerprint density at radius 3 is 2.86 bits per heavy atom. The van der Waals surface area contributed by atoms with Crippen molar-refractivity contribution in [1.82, 2.24) is 0 Å². The Bertz CT molecular complexity index is 560. The third-order valence-electron chi connectivity index (χ3n) is 4.51. The van der Waals surface area contributed by atoms with Gasteiger partial charge in [0.1, 0.15) is 11.4 Å². The summed E-state index contributed by atoms with van der Waals surface area (Å²) >= 11 is 0. The van der Waals surface area contributed by atoms with Crippen LogP contribution in [0.3, 0.4) is 0 Å².